The Morgan fingerprint density at radius 3 is 1.38 bits per heavy atom. The van der Waals surface area contributed by atoms with E-state index in [4.69, 9.17) is 18.6 Å². The molecule has 9 heteroatoms. The number of halogens is 2. The summed E-state index contributed by atoms with van der Waals surface area (Å²) >= 11 is 0. The van der Waals surface area contributed by atoms with E-state index in [2.05, 4.69) is 41.7 Å². The number of carbonyl (C=O) groups excluding carboxylic acids is 1. The minimum absolute atomic E-state index is 0.193. The van der Waals surface area contributed by atoms with Gasteiger partial charge in [-0.3, -0.25) is 10.1 Å². The van der Waals surface area contributed by atoms with Crippen molar-refractivity contribution in [3.05, 3.63) is 168 Å². The highest BCUT2D eigenvalue weighted by atomic mass is 35.7. The van der Waals surface area contributed by atoms with Gasteiger partial charge in [0, 0.05) is 11.6 Å². The molecule has 42 heavy (non-hydrogen) atoms. The van der Waals surface area contributed by atoms with Crippen LogP contribution in [0.5, 0.6) is 0 Å². The standard InChI is InChI=1S/C33H25FNOP.ClHO4/c34-28-23-21-26(22-24-28)25-32(35-33(36)27-13-5-1-6-14-27)37(29-15-7-2-8-16-29,30-17-9-3-10-18-30)31-19-11-4-12-20-31;2-1(3,4)5/h1-25H;(H,2,3,4,5)/p+1/b32-25+;. The molecule has 212 valence electrons. The molecule has 2 N–H and O–H groups in total. The van der Waals surface area contributed by atoms with Crippen LogP contribution in [0.2, 0.25) is 0 Å². The summed E-state index contributed by atoms with van der Waals surface area (Å²) in [4.78, 5) is 13.6. The summed E-state index contributed by atoms with van der Waals surface area (Å²) < 4.78 is 46.5. The summed E-state index contributed by atoms with van der Waals surface area (Å²) in [5, 5.41) is 6.63. The molecule has 0 aromatic heterocycles. The lowest BCUT2D eigenvalue weighted by Gasteiger charge is -2.29. The zero-order chi connectivity index (χ0) is 30.0. The first kappa shape index (κ1) is 30.8. The highest BCUT2D eigenvalue weighted by Gasteiger charge is 2.50. The van der Waals surface area contributed by atoms with E-state index in [1.807, 2.05) is 78.9 Å². The maximum absolute atomic E-state index is 13.8. The largest absolute Gasteiger partial charge is 0.292 e. The highest BCUT2D eigenvalue weighted by molar-refractivity contribution is 7.99. The molecule has 5 aromatic rings. The third-order valence-electron chi connectivity index (χ3n) is 6.24. The van der Waals surface area contributed by atoms with Gasteiger partial charge >= 0.3 is 0 Å². The van der Waals surface area contributed by atoms with Crippen LogP contribution in [0.15, 0.2) is 151 Å². The van der Waals surface area contributed by atoms with Gasteiger partial charge in [0.05, 0.1) is 14.9 Å². The quantitative estimate of drug-likeness (QED) is 0.278. The van der Waals surface area contributed by atoms with Crippen LogP contribution in [0.3, 0.4) is 0 Å². The van der Waals surface area contributed by atoms with Crippen molar-refractivity contribution in [2.75, 3.05) is 0 Å². The summed E-state index contributed by atoms with van der Waals surface area (Å²) in [6, 6.07) is 46.5. The molecule has 0 unspecified atom stereocenters. The van der Waals surface area contributed by atoms with Gasteiger partial charge in [-0.25, -0.2) is 4.39 Å². The van der Waals surface area contributed by atoms with Gasteiger partial charge in [-0.05, 0) is 66.2 Å². The molecule has 0 saturated heterocycles. The summed E-state index contributed by atoms with van der Waals surface area (Å²) in [7, 11) is -7.27. The lowest BCUT2D eigenvalue weighted by molar-refractivity contribution is -1.92. The summed E-state index contributed by atoms with van der Waals surface area (Å²) in [5.74, 6) is -0.497. The molecule has 0 radical (unpaired) electrons. The van der Waals surface area contributed by atoms with E-state index in [0.29, 0.717) is 5.56 Å². The van der Waals surface area contributed by atoms with E-state index in [1.165, 1.54) is 12.1 Å². The van der Waals surface area contributed by atoms with Crippen LogP contribution in [0.4, 0.5) is 4.39 Å². The molecule has 0 atom stereocenters. The van der Waals surface area contributed by atoms with E-state index in [1.54, 1.807) is 24.3 Å². The summed E-state index contributed by atoms with van der Waals surface area (Å²) in [5.41, 5.74) is 2.15. The van der Waals surface area contributed by atoms with Crippen molar-refractivity contribution >= 4 is 35.2 Å². The van der Waals surface area contributed by atoms with Crippen LogP contribution >= 0.6 is 7.26 Å². The Labute approximate surface area is 246 Å². The first-order valence-corrected chi connectivity index (χ1v) is 15.8. The highest BCUT2D eigenvalue weighted by Crippen LogP contribution is 2.61. The van der Waals surface area contributed by atoms with Crippen LogP contribution in [-0.4, -0.2) is 10.6 Å². The van der Waals surface area contributed by atoms with Crippen LogP contribution < -0.4 is 35.2 Å². The number of hydrogen-bond acceptors (Lipinski definition) is 5. The zero-order valence-electron chi connectivity index (χ0n) is 22.2. The van der Waals surface area contributed by atoms with Crippen molar-refractivity contribution in [1.82, 2.24) is 5.32 Å². The molecule has 0 heterocycles. The Morgan fingerprint density at radius 1 is 0.643 bits per heavy atom. The molecular formula is C33H27ClFNO5P+. The minimum Gasteiger partial charge on any atom is -0.292 e. The molecule has 0 bridgehead atoms. The Morgan fingerprint density at radius 2 is 1.00 bits per heavy atom. The smallest absolute Gasteiger partial charge is 0.258 e. The van der Waals surface area contributed by atoms with Crippen molar-refractivity contribution in [2.24, 2.45) is 0 Å². The molecular weight excluding hydrogens is 576 g/mol. The molecule has 0 fully saturated rings. The fourth-order valence-corrected chi connectivity index (χ4v) is 8.73. The van der Waals surface area contributed by atoms with Gasteiger partial charge in [0.25, 0.3) is 5.91 Å². The number of hydrogen-bond donors (Lipinski definition) is 2. The first-order chi connectivity index (χ1) is 20.2. The Hall–Kier alpha value is -4.20. The van der Waals surface area contributed by atoms with Gasteiger partial charge in [-0.15, -0.1) is 0 Å². The van der Waals surface area contributed by atoms with Crippen molar-refractivity contribution in [3.63, 3.8) is 0 Å². The van der Waals surface area contributed by atoms with Crippen molar-refractivity contribution in [1.29, 1.82) is 0 Å². The molecule has 5 aromatic carbocycles. The van der Waals surface area contributed by atoms with Gasteiger partial charge < -0.3 is 0 Å². The normalized spacial score (nSPS) is 11.7. The third-order valence-corrected chi connectivity index (χ3v) is 10.4. The molecule has 1 amide bonds. The molecule has 0 aliphatic heterocycles. The maximum Gasteiger partial charge on any atom is 0.258 e. The predicted octanol–water partition coefficient (Wildman–Crippen LogP) is 2.42. The van der Waals surface area contributed by atoms with Gasteiger partial charge in [0.1, 0.15) is 21.7 Å². The second-order valence-electron chi connectivity index (χ2n) is 8.97. The van der Waals surface area contributed by atoms with Gasteiger partial charge in [-0.1, -0.05) is 84.9 Å². The second-order valence-corrected chi connectivity index (χ2v) is 13.1. The average Bonchev–Trinajstić information content (AvgIpc) is 3.00. The minimum atomic E-state index is -4.69. The number of nitrogens with one attached hydrogen (secondary N) is 1. The number of amides is 1. The van der Waals surface area contributed by atoms with Crippen molar-refractivity contribution in [3.8, 4) is 0 Å². The SMILES string of the molecule is O=C(N/C(=C\c1ccc(F)cc1)[P+](c1ccccc1)(c1ccccc1)c1ccccc1)c1ccccc1.[O-][Cl+3]([O-])([O-])O. The Bertz CT molecular complexity index is 1500. The first-order valence-electron chi connectivity index (χ1n) is 12.7. The molecule has 0 aliphatic rings. The Balaban J connectivity index is 0.000000748. The fraction of sp³-hybridized carbons (Fsp3) is 0. The van der Waals surface area contributed by atoms with E-state index in [0.717, 1.165) is 26.9 Å². The van der Waals surface area contributed by atoms with E-state index < -0.39 is 17.5 Å². The summed E-state index contributed by atoms with van der Waals surface area (Å²) in [6.45, 7) is 0. The average molecular weight is 603 g/mol. The molecule has 6 nitrogen and oxygen atoms in total. The fourth-order valence-electron chi connectivity index (χ4n) is 4.53. The van der Waals surface area contributed by atoms with Gasteiger partial charge in [0.15, 0.2) is 12.7 Å². The number of carbonyl (C=O) groups is 1. The van der Waals surface area contributed by atoms with Gasteiger partial charge in [-0.2, -0.15) is 14.0 Å². The van der Waals surface area contributed by atoms with E-state index in [-0.39, 0.29) is 11.7 Å². The predicted molar refractivity (Wildman–Crippen MR) is 156 cm³/mol. The topological polar surface area (TPSA) is 119 Å². The van der Waals surface area contributed by atoms with Crippen LogP contribution in [0, 0.1) is 16.1 Å². The van der Waals surface area contributed by atoms with E-state index in [9.17, 15) is 9.18 Å². The van der Waals surface area contributed by atoms with Crippen LogP contribution in [0.1, 0.15) is 15.9 Å². The molecule has 5 rings (SSSR count). The number of benzene rings is 5. The Kier molecular flexibility index (Phi) is 10.3. The monoisotopic (exact) mass is 602 g/mol. The lowest BCUT2D eigenvalue weighted by Crippen LogP contribution is -2.58. The molecule has 0 spiro atoms. The summed E-state index contributed by atoms with van der Waals surface area (Å²) in [6.07, 6.45) is 1.99. The van der Waals surface area contributed by atoms with Crippen LogP contribution in [-0.2, 0) is 0 Å². The zero-order valence-corrected chi connectivity index (χ0v) is 23.9. The van der Waals surface area contributed by atoms with Crippen molar-refractivity contribution in [2.45, 2.75) is 0 Å². The lowest BCUT2D eigenvalue weighted by atomic mass is 10.2. The van der Waals surface area contributed by atoms with Crippen LogP contribution in [0.25, 0.3) is 6.08 Å². The van der Waals surface area contributed by atoms with Crippen molar-refractivity contribution < 1.29 is 38.1 Å². The molecule has 0 aliphatic carbocycles. The second kappa shape index (κ2) is 14.1. The van der Waals surface area contributed by atoms with Gasteiger partial charge in [0.2, 0.25) is 0 Å². The molecule has 0 saturated carbocycles. The van der Waals surface area contributed by atoms with E-state index >= 15 is 0 Å². The maximum atomic E-state index is 13.8. The number of rotatable bonds is 7. The third kappa shape index (κ3) is 7.96.